The van der Waals surface area contributed by atoms with Crippen LogP contribution in [-0.4, -0.2) is 39.3 Å². The number of likely N-dealkylation sites (tertiary alicyclic amines) is 1. The van der Waals surface area contributed by atoms with Gasteiger partial charge in [0.2, 0.25) is 0 Å². The summed E-state index contributed by atoms with van der Waals surface area (Å²) in [5, 5.41) is 3.02. The lowest BCUT2D eigenvalue weighted by Crippen LogP contribution is -3.11. The van der Waals surface area contributed by atoms with Gasteiger partial charge in [-0.1, -0.05) is 6.07 Å². The second kappa shape index (κ2) is 8.10. The van der Waals surface area contributed by atoms with Crippen molar-refractivity contribution >= 4 is 11.6 Å². The van der Waals surface area contributed by atoms with Crippen molar-refractivity contribution in [2.24, 2.45) is 0 Å². The van der Waals surface area contributed by atoms with Crippen LogP contribution in [-0.2, 0) is 4.79 Å². The molecule has 2 atom stereocenters. The van der Waals surface area contributed by atoms with E-state index in [-0.39, 0.29) is 5.91 Å². The van der Waals surface area contributed by atoms with Crippen LogP contribution in [0.1, 0.15) is 30.0 Å². The first-order valence-corrected chi connectivity index (χ1v) is 9.82. The molecule has 28 heavy (non-hydrogen) atoms. The van der Waals surface area contributed by atoms with Gasteiger partial charge in [-0.25, -0.2) is 0 Å². The molecule has 148 valence electrons. The van der Waals surface area contributed by atoms with Crippen LogP contribution >= 0.6 is 0 Å². The van der Waals surface area contributed by atoms with Crippen molar-refractivity contribution in [1.29, 1.82) is 0 Å². The molecule has 1 saturated heterocycles. The lowest BCUT2D eigenvalue weighted by atomic mass is 10.0. The Balaban J connectivity index is 1.45. The Hall–Kier alpha value is -2.73. The summed E-state index contributed by atoms with van der Waals surface area (Å²) in [6, 6.07) is 12.2. The Morgan fingerprint density at radius 3 is 2.82 bits per heavy atom. The number of hydrogen-bond acceptors (Lipinski definition) is 4. The van der Waals surface area contributed by atoms with Crippen molar-refractivity contribution in [2.45, 2.75) is 25.8 Å². The molecule has 2 aromatic rings. The number of aryl methyl sites for hydroxylation is 1. The van der Waals surface area contributed by atoms with E-state index in [4.69, 9.17) is 14.2 Å². The van der Waals surface area contributed by atoms with E-state index in [0.29, 0.717) is 31.5 Å². The van der Waals surface area contributed by atoms with Gasteiger partial charge in [0, 0.05) is 18.4 Å². The molecule has 1 fully saturated rings. The largest absolute Gasteiger partial charge is 0.495 e. The minimum Gasteiger partial charge on any atom is -0.495 e. The van der Waals surface area contributed by atoms with Crippen molar-refractivity contribution in [2.75, 3.05) is 38.7 Å². The first kappa shape index (κ1) is 18.6. The Morgan fingerprint density at radius 2 is 2.00 bits per heavy atom. The fourth-order valence-corrected chi connectivity index (χ4v) is 4.12. The molecule has 0 radical (unpaired) electrons. The summed E-state index contributed by atoms with van der Waals surface area (Å²) in [4.78, 5) is 14.0. The summed E-state index contributed by atoms with van der Waals surface area (Å²) in [7, 11) is 1.62. The molecule has 6 heteroatoms. The van der Waals surface area contributed by atoms with Gasteiger partial charge in [-0.2, -0.15) is 0 Å². The van der Waals surface area contributed by atoms with Crippen LogP contribution in [0.3, 0.4) is 0 Å². The third-order valence-corrected chi connectivity index (χ3v) is 5.47. The van der Waals surface area contributed by atoms with Crippen molar-refractivity contribution in [3.8, 4) is 17.2 Å². The fraction of sp³-hybridized carbons (Fsp3) is 0.409. The van der Waals surface area contributed by atoms with Gasteiger partial charge >= 0.3 is 0 Å². The standard InChI is InChI=1S/C22H26N2O4/c1-15-5-7-19(26-2)17(12-15)23-22(25)14-24-9-3-4-18(24)16-6-8-20-21(13-16)28-11-10-27-20/h5-8,12-13,18H,3-4,9-11,14H2,1-2H3,(H,23,25)/p+1/t18-/m1/s1. The highest BCUT2D eigenvalue weighted by atomic mass is 16.6. The molecule has 0 aromatic heterocycles. The molecule has 1 amide bonds. The van der Waals surface area contributed by atoms with Crippen molar-refractivity contribution in [3.63, 3.8) is 0 Å². The number of methoxy groups -OCH3 is 1. The number of benzene rings is 2. The molecule has 2 aliphatic rings. The molecule has 0 bridgehead atoms. The van der Waals surface area contributed by atoms with Crippen LogP contribution in [0.15, 0.2) is 36.4 Å². The zero-order valence-corrected chi connectivity index (χ0v) is 16.4. The summed E-state index contributed by atoms with van der Waals surface area (Å²) in [5.41, 5.74) is 3.01. The normalized spacial score (nSPS) is 20.6. The van der Waals surface area contributed by atoms with Crippen LogP contribution in [0.25, 0.3) is 0 Å². The van der Waals surface area contributed by atoms with E-state index in [2.05, 4.69) is 17.4 Å². The number of ether oxygens (including phenoxy) is 3. The molecular weight excluding hydrogens is 356 g/mol. The number of fused-ring (bicyclic) bond motifs is 1. The summed E-state index contributed by atoms with van der Waals surface area (Å²) in [6.45, 7) is 4.58. The van der Waals surface area contributed by atoms with Crippen LogP contribution in [0.4, 0.5) is 5.69 Å². The van der Waals surface area contributed by atoms with Crippen molar-refractivity contribution in [3.05, 3.63) is 47.5 Å². The highest BCUT2D eigenvalue weighted by molar-refractivity contribution is 5.93. The number of quaternary nitrogens is 1. The predicted molar refractivity (Wildman–Crippen MR) is 106 cm³/mol. The summed E-state index contributed by atoms with van der Waals surface area (Å²) < 4.78 is 16.7. The molecule has 2 aromatic carbocycles. The van der Waals surface area contributed by atoms with Gasteiger partial charge < -0.3 is 24.4 Å². The molecular formula is C22H27N2O4+. The van der Waals surface area contributed by atoms with Crippen LogP contribution in [0.5, 0.6) is 17.2 Å². The molecule has 0 spiro atoms. The maximum Gasteiger partial charge on any atom is 0.279 e. The van der Waals surface area contributed by atoms with Gasteiger partial charge in [-0.3, -0.25) is 4.79 Å². The molecule has 2 aliphatic heterocycles. The SMILES string of the molecule is COc1ccc(C)cc1NC(=O)C[NH+]1CCC[C@@H]1c1ccc2c(c1)OCCO2. The summed E-state index contributed by atoms with van der Waals surface area (Å²) in [6.07, 6.45) is 2.17. The van der Waals surface area contributed by atoms with E-state index in [9.17, 15) is 4.79 Å². The van der Waals surface area contributed by atoms with E-state index in [1.54, 1.807) is 7.11 Å². The first-order chi connectivity index (χ1) is 13.6. The molecule has 1 unspecified atom stereocenters. The number of carbonyl (C=O) groups is 1. The zero-order chi connectivity index (χ0) is 19.5. The van der Waals surface area contributed by atoms with E-state index < -0.39 is 0 Å². The number of amides is 1. The van der Waals surface area contributed by atoms with E-state index in [0.717, 1.165) is 42.1 Å². The Morgan fingerprint density at radius 1 is 1.18 bits per heavy atom. The average molecular weight is 383 g/mol. The molecule has 0 aliphatic carbocycles. The Kier molecular flexibility index (Phi) is 5.39. The number of anilines is 1. The lowest BCUT2D eigenvalue weighted by molar-refractivity contribution is -0.910. The number of nitrogens with one attached hydrogen (secondary N) is 2. The van der Waals surface area contributed by atoms with Gasteiger partial charge in [0.05, 0.1) is 19.3 Å². The fourth-order valence-electron chi connectivity index (χ4n) is 4.12. The van der Waals surface area contributed by atoms with Crippen molar-refractivity contribution in [1.82, 2.24) is 0 Å². The third kappa shape index (κ3) is 3.92. The maximum atomic E-state index is 12.7. The zero-order valence-electron chi connectivity index (χ0n) is 16.4. The van der Waals surface area contributed by atoms with Crippen LogP contribution < -0.4 is 24.4 Å². The number of rotatable bonds is 5. The summed E-state index contributed by atoms with van der Waals surface area (Å²) in [5.74, 6) is 2.30. The van der Waals surface area contributed by atoms with Gasteiger partial charge in [0.25, 0.3) is 5.91 Å². The second-order valence-corrected chi connectivity index (χ2v) is 7.43. The average Bonchev–Trinajstić information content (AvgIpc) is 3.15. The Bertz CT molecular complexity index is 868. The van der Waals surface area contributed by atoms with Crippen molar-refractivity contribution < 1.29 is 23.9 Å². The topological polar surface area (TPSA) is 61.2 Å². The van der Waals surface area contributed by atoms with Crippen LogP contribution in [0, 0.1) is 6.92 Å². The van der Waals surface area contributed by atoms with E-state index >= 15 is 0 Å². The van der Waals surface area contributed by atoms with E-state index in [1.165, 1.54) is 10.5 Å². The molecule has 2 heterocycles. The maximum absolute atomic E-state index is 12.7. The number of carbonyl (C=O) groups excluding carboxylic acids is 1. The Labute approximate surface area is 165 Å². The molecule has 2 N–H and O–H groups in total. The quantitative estimate of drug-likeness (QED) is 0.831. The van der Waals surface area contributed by atoms with Gasteiger partial charge in [-0.05, 0) is 42.8 Å². The molecule has 0 saturated carbocycles. The second-order valence-electron chi connectivity index (χ2n) is 7.43. The minimum atomic E-state index is 0.00310. The first-order valence-electron chi connectivity index (χ1n) is 9.82. The molecule has 4 rings (SSSR count). The third-order valence-electron chi connectivity index (χ3n) is 5.47. The van der Waals surface area contributed by atoms with Crippen LogP contribution in [0.2, 0.25) is 0 Å². The highest BCUT2D eigenvalue weighted by Crippen LogP contribution is 2.33. The number of hydrogen-bond donors (Lipinski definition) is 2. The minimum absolute atomic E-state index is 0.00310. The van der Waals surface area contributed by atoms with Gasteiger partial charge in [0.1, 0.15) is 25.0 Å². The van der Waals surface area contributed by atoms with Gasteiger partial charge in [0.15, 0.2) is 18.0 Å². The van der Waals surface area contributed by atoms with E-state index in [1.807, 2.05) is 31.2 Å². The smallest absolute Gasteiger partial charge is 0.279 e. The highest BCUT2D eigenvalue weighted by Gasteiger charge is 2.32. The van der Waals surface area contributed by atoms with Gasteiger partial charge in [-0.15, -0.1) is 0 Å². The monoisotopic (exact) mass is 383 g/mol. The predicted octanol–water partition coefficient (Wildman–Crippen LogP) is 2.13. The summed E-state index contributed by atoms with van der Waals surface area (Å²) >= 11 is 0. The molecule has 6 nitrogen and oxygen atoms in total. The lowest BCUT2D eigenvalue weighted by Gasteiger charge is -2.24.